The van der Waals surface area contributed by atoms with Gasteiger partial charge in [0.05, 0.1) is 15.4 Å². The molecule has 0 aliphatic rings. The first kappa shape index (κ1) is 18.3. The predicted octanol–water partition coefficient (Wildman–Crippen LogP) is 4.83. The lowest BCUT2D eigenvalue weighted by Crippen LogP contribution is -2.11. The van der Waals surface area contributed by atoms with Gasteiger partial charge in [0.15, 0.2) is 0 Å². The molecule has 0 spiro atoms. The van der Waals surface area contributed by atoms with E-state index in [0.717, 1.165) is 34.4 Å². The highest BCUT2D eigenvalue weighted by molar-refractivity contribution is 7.99. The number of alkyl halides is 3. The molecular weight excluding hydrogens is 341 g/mol. The Bertz CT molecular complexity index is 748. The zero-order valence-electron chi connectivity index (χ0n) is 13.0. The Kier molecular flexibility index (Phi) is 5.51. The van der Waals surface area contributed by atoms with Crippen LogP contribution in [0.4, 0.5) is 18.9 Å². The van der Waals surface area contributed by atoms with Crippen molar-refractivity contribution in [1.82, 2.24) is 4.90 Å². The van der Waals surface area contributed by atoms with E-state index in [-0.39, 0.29) is 4.90 Å². The summed E-state index contributed by atoms with van der Waals surface area (Å²) < 4.78 is 38.3. The molecule has 2 aromatic rings. The van der Waals surface area contributed by atoms with Crippen LogP contribution in [0.1, 0.15) is 11.1 Å². The Morgan fingerprint density at radius 1 is 1.12 bits per heavy atom. The summed E-state index contributed by atoms with van der Waals surface area (Å²) in [6, 6.07) is 9.92. The van der Waals surface area contributed by atoms with E-state index >= 15 is 0 Å². The van der Waals surface area contributed by atoms with Gasteiger partial charge in [0.25, 0.3) is 5.69 Å². The summed E-state index contributed by atoms with van der Waals surface area (Å²) in [6.07, 6.45) is -4.61. The maximum absolute atomic E-state index is 12.8. The Hall–Kier alpha value is -2.06. The molecule has 0 aromatic heterocycles. The molecule has 8 heteroatoms. The molecule has 4 nitrogen and oxygen atoms in total. The number of nitrogens with zero attached hydrogens (tertiary/aromatic N) is 2. The maximum atomic E-state index is 12.8. The van der Waals surface area contributed by atoms with Crippen LogP contribution in [0.2, 0.25) is 0 Å². The molecule has 0 aliphatic heterocycles. The SMILES string of the molecule is CN(C)Cc1ccccc1Sc1ccc(C(F)(F)F)cc1[N+](=O)[O-]. The van der Waals surface area contributed by atoms with Crippen LogP contribution >= 0.6 is 11.8 Å². The van der Waals surface area contributed by atoms with Gasteiger partial charge in [-0.25, -0.2) is 0 Å². The third kappa shape index (κ3) is 4.48. The zero-order valence-corrected chi connectivity index (χ0v) is 13.8. The zero-order chi connectivity index (χ0) is 17.9. The van der Waals surface area contributed by atoms with E-state index in [4.69, 9.17) is 0 Å². The van der Waals surface area contributed by atoms with Crippen molar-refractivity contribution >= 4 is 17.4 Å². The van der Waals surface area contributed by atoms with E-state index in [2.05, 4.69) is 0 Å². The molecule has 2 rings (SSSR count). The van der Waals surface area contributed by atoms with Crippen molar-refractivity contribution in [2.24, 2.45) is 0 Å². The van der Waals surface area contributed by atoms with Gasteiger partial charge in [-0.3, -0.25) is 10.1 Å². The molecule has 0 N–H and O–H groups in total. The summed E-state index contributed by atoms with van der Waals surface area (Å²) in [5.41, 5.74) is -0.628. The fraction of sp³-hybridized carbons (Fsp3) is 0.250. The molecule has 0 unspecified atom stereocenters. The van der Waals surface area contributed by atoms with E-state index in [1.165, 1.54) is 0 Å². The largest absolute Gasteiger partial charge is 0.416 e. The van der Waals surface area contributed by atoms with Gasteiger partial charge >= 0.3 is 6.18 Å². The van der Waals surface area contributed by atoms with Gasteiger partial charge in [-0.2, -0.15) is 13.2 Å². The molecule has 0 heterocycles. The van der Waals surface area contributed by atoms with Crippen LogP contribution in [0.25, 0.3) is 0 Å². The smallest absolute Gasteiger partial charge is 0.305 e. The summed E-state index contributed by atoms with van der Waals surface area (Å²) in [4.78, 5) is 13.3. The first-order chi connectivity index (χ1) is 11.2. The van der Waals surface area contributed by atoms with Crippen LogP contribution in [0.5, 0.6) is 0 Å². The van der Waals surface area contributed by atoms with E-state index in [1.54, 1.807) is 12.1 Å². The second-order valence-electron chi connectivity index (χ2n) is 5.38. The molecule has 2 aromatic carbocycles. The normalized spacial score (nSPS) is 11.8. The first-order valence-corrected chi connectivity index (χ1v) is 7.76. The van der Waals surface area contributed by atoms with Crippen molar-refractivity contribution < 1.29 is 18.1 Å². The topological polar surface area (TPSA) is 46.4 Å². The molecule has 0 fully saturated rings. The fourth-order valence-corrected chi connectivity index (χ4v) is 3.14. The lowest BCUT2D eigenvalue weighted by Gasteiger charge is -2.14. The molecule has 128 valence electrons. The van der Waals surface area contributed by atoms with Gasteiger partial charge in [0.1, 0.15) is 0 Å². The van der Waals surface area contributed by atoms with Gasteiger partial charge in [-0.15, -0.1) is 0 Å². The van der Waals surface area contributed by atoms with Crippen molar-refractivity contribution in [1.29, 1.82) is 0 Å². The number of nitro benzene ring substituents is 1. The number of benzene rings is 2. The van der Waals surface area contributed by atoms with E-state index in [0.29, 0.717) is 12.6 Å². The lowest BCUT2D eigenvalue weighted by atomic mass is 10.2. The second-order valence-corrected chi connectivity index (χ2v) is 6.47. The van der Waals surface area contributed by atoms with Crippen LogP contribution in [-0.4, -0.2) is 23.9 Å². The monoisotopic (exact) mass is 356 g/mol. The van der Waals surface area contributed by atoms with E-state index in [1.807, 2.05) is 31.1 Å². The average molecular weight is 356 g/mol. The standard InChI is InChI=1S/C16H15F3N2O2S/c1-20(2)10-11-5-3-4-6-14(11)24-15-8-7-12(16(17,18)19)9-13(15)21(22)23/h3-9H,10H2,1-2H3. The highest BCUT2D eigenvalue weighted by Crippen LogP contribution is 2.40. The summed E-state index contributed by atoms with van der Waals surface area (Å²) in [6.45, 7) is 0.623. The van der Waals surface area contributed by atoms with Crippen molar-refractivity contribution in [3.8, 4) is 0 Å². The fourth-order valence-electron chi connectivity index (χ4n) is 2.12. The van der Waals surface area contributed by atoms with Gasteiger partial charge in [-0.05, 0) is 37.9 Å². The Balaban J connectivity index is 2.42. The number of hydrogen-bond donors (Lipinski definition) is 0. The van der Waals surface area contributed by atoms with Gasteiger partial charge < -0.3 is 4.90 Å². The second kappa shape index (κ2) is 7.23. The van der Waals surface area contributed by atoms with E-state index in [9.17, 15) is 23.3 Å². The summed E-state index contributed by atoms with van der Waals surface area (Å²) in [5, 5.41) is 11.2. The van der Waals surface area contributed by atoms with Crippen LogP contribution in [0.3, 0.4) is 0 Å². The number of rotatable bonds is 5. The number of hydrogen-bond acceptors (Lipinski definition) is 4. The van der Waals surface area contributed by atoms with Crippen LogP contribution in [-0.2, 0) is 12.7 Å². The van der Waals surface area contributed by atoms with Crippen molar-refractivity contribution in [3.63, 3.8) is 0 Å². The van der Waals surface area contributed by atoms with Crippen molar-refractivity contribution in [2.75, 3.05) is 14.1 Å². The molecule has 0 amide bonds. The third-order valence-electron chi connectivity index (χ3n) is 3.16. The molecule has 0 radical (unpaired) electrons. The highest BCUT2D eigenvalue weighted by Gasteiger charge is 2.33. The molecule has 0 saturated heterocycles. The minimum Gasteiger partial charge on any atom is -0.305 e. The van der Waals surface area contributed by atoms with Crippen molar-refractivity contribution in [2.45, 2.75) is 22.5 Å². The minimum absolute atomic E-state index is 0.180. The van der Waals surface area contributed by atoms with Crippen molar-refractivity contribution in [3.05, 3.63) is 63.7 Å². The van der Waals surface area contributed by atoms with Gasteiger partial charge in [-0.1, -0.05) is 30.0 Å². The molecule has 0 saturated carbocycles. The van der Waals surface area contributed by atoms with Gasteiger partial charge in [0.2, 0.25) is 0 Å². The predicted molar refractivity (Wildman–Crippen MR) is 86.1 cm³/mol. The molecular formula is C16H15F3N2O2S. The van der Waals surface area contributed by atoms with Crippen LogP contribution in [0.15, 0.2) is 52.3 Å². The molecule has 0 bridgehead atoms. The summed E-state index contributed by atoms with van der Waals surface area (Å²) >= 11 is 1.09. The highest BCUT2D eigenvalue weighted by atomic mass is 32.2. The third-order valence-corrected chi connectivity index (χ3v) is 4.35. The quantitative estimate of drug-likeness (QED) is 0.569. The van der Waals surface area contributed by atoms with E-state index < -0.39 is 22.4 Å². The van der Waals surface area contributed by atoms with Gasteiger partial charge in [0, 0.05) is 17.5 Å². The number of nitro groups is 1. The summed E-state index contributed by atoms with van der Waals surface area (Å²) in [5.74, 6) is 0. The molecule has 24 heavy (non-hydrogen) atoms. The Morgan fingerprint density at radius 3 is 2.38 bits per heavy atom. The molecule has 0 aliphatic carbocycles. The average Bonchev–Trinajstić information content (AvgIpc) is 2.47. The molecule has 0 atom stereocenters. The Labute approximate surface area is 141 Å². The first-order valence-electron chi connectivity index (χ1n) is 6.94. The minimum atomic E-state index is -4.61. The van der Waals surface area contributed by atoms with Crippen LogP contribution < -0.4 is 0 Å². The van der Waals surface area contributed by atoms with Crippen LogP contribution in [0, 0.1) is 10.1 Å². The summed E-state index contributed by atoms with van der Waals surface area (Å²) in [7, 11) is 3.78. The number of halogens is 3. The Morgan fingerprint density at radius 2 is 1.79 bits per heavy atom. The maximum Gasteiger partial charge on any atom is 0.416 e. The lowest BCUT2D eigenvalue weighted by molar-refractivity contribution is -0.388.